The molecule has 0 saturated carbocycles. The third-order valence-corrected chi connectivity index (χ3v) is 5.21. The summed E-state index contributed by atoms with van der Waals surface area (Å²) in [6.07, 6.45) is 3.59. The largest absolute Gasteiger partial charge is 0.355 e. The predicted molar refractivity (Wildman–Crippen MR) is 142 cm³/mol. The Morgan fingerprint density at radius 3 is 2.19 bits per heavy atom. The molecule has 3 rings (SSSR count). The minimum atomic E-state index is -0.444. The summed E-state index contributed by atoms with van der Waals surface area (Å²) in [6.45, 7) is 1.66. The second kappa shape index (κ2) is 12.5. The molecular formula is C28H24N4O5. The fraction of sp³-hybridized carbons (Fsp3) is 0.0714. The van der Waals surface area contributed by atoms with E-state index in [0.29, 0.717) is 46.2 Å². The summed E-state index contributed by atoms with van der Waals surface area (Å²) in [6, 6.07) is 17.8. The highest BCUT2D eigenvalue weighted by atomic mass is 16.2. The van der Waals surface area contributed by atoms with Gasteiger partial charge in [-0.25, -0.2) is 0 Å². The van der Waals surface area contributed by atoms with E-state index >= 15 is 0 Å². The number of rotatable bonds is 10. The van der Waals surface area contributed by atoms with Crippen LogP contribution >= 0.6 is 0 Å². The number of nitrogens with one attached hydrogen (secondary N) is 3. The van der Waals surface area contributed by atoms with Crippen molar-refractivity contribution >= 4 is 53.8 Å². The van der Waals surface area contributed by atoms with E-state index in [1.165, 1.54) is 25.2 Å². The van der Waals surface area contributed by atoms with Crippen molar-refractivity contribution in [2.24, 2.45) is 5.10 Å². The minimum Gasteiger partial charge on any atom is -0.355 e. The van der Waals surface area contributed by atoms with Crippen molar-refractivity contribution in [3.63, 3.8) is 0 Å². The molecule has 0 aliphatic rings. The Hall–Kier alpha value is -5.18. The van der Waals surface area contributed by atoms with Gasteiger partial charge >= 0.3 is 0 Å². The van der Waals surface area contributed by atoms with E-state index in [0.717, 1.165) is 6.29 Å². The van der Waals surface area contributed by atoms with E-state index in [4.69, 9.17) is 0 Å². The van der Waals surface area contributed by atoms with Gasteiger partial charge in [0, 0.05) is 35.0 Å². The second-order valence-electron chi connectivity index (χ2n) is 7.89. The van der Waals surface area contributed by atoms with Crippen molar-refractivity contribution < 1.29 is 24.0 Å². The SMILES string of the molecule is CNC(=O)c1cc(C=O)cc(NC(=O)c2ccc(N/N=C(/C=O)c3ccccc3/C=C(\C)C=O)cc2)c1. The van der Waals surface area contributed by atoms with Gasteiger partial charge in [-0.1, -0.05) is 24.3 Å². The summed E-state index contributed by atoms with van der Waals surface area (Å²) in [5, 5.41) is 9.33. The molecule has 0 unspecified atom stereocenters. The lowest BCUT2D eigenvalue weighted by atomic mass is 10.0. The zero-order valence-electron chi connectivity index (χ0n) is 20.1. The Morgan fingerprint density at radius 2 is 1.54 bits per heavy atom. The molecule has 0 bridgehead atoms. The fourth-order valence-electron chi connectivity index (χ4n) is 3.38. The molecule has 0 spiro atoms. The molecule has 0 radical (unpaired) electrons. The van der Waals surface area contributed by atoms with E-state index in [1.807, 2.05) is 0 Å². The van der Waals surface area contributed by atoms with Crippen LogP contribution in [0.3, 0.4) is 0 Å². The molecule has 2 amide bonds. The van der Waals surface area contributed by atoms with Gasteiger partial charge in [0.05, 0.1) is 5.69 Å². The Bertz CT molecular complexity index is 1410. The van der Waals surface area contributed by atoms with Gasteiger partial charge in [-0.15, -0.1) is 0 Å². The molecule has 3 aromatic rings. The highest BCUT2D eigenvalue weighted by Crippen LogP contribution is 2.18. The summed E-state index contributed by atoms with van der Waals surface area (Å²) in [5.74, 6) is -0.830. The van der Waals surface area contributed by atoms with Crippen molar-refractivity contribution in [3.05, 3.63) is 100 Å². The molecule has 0 fully saturated rings. The van der Waals surface area contributed by atoms with Gasteiger partial charge in [-0.05, 0) is 66.6 Å². The average Bonchev–Trinajstić information content (AvgIpc) is 2.93. The van der Waals surface area contributed by atoms with Crippen LogP contribution < -0.4 is 16.1 Å². The summed E-state index contributed by atoms with van der Waals surface area (Å²) in [7, 11) is 1.47. The second-order valence-corrected chi connectivity index (χ2v) is 7.89. The Kier molecular flexibility index (Phi) is 8.93. The van der Waals surface area contributed by atoms with E-state index in [-0.39, 0.29) is 22.7 Å². The van der Waals surface area contributed by atoms with Gasteiger partial charge in [-0.3, -0.25) is 29.4 Å². The lowest BCUT2D eigenvalue weighted by molar-refractivity contribution is -0.105. The molecule has 37 heavy (non-hydrogen) atoms. The van der Waals surface area contributed by atoms with Crippen LogP contribution in [0.15, 0.2) is 77.4 Å². The van der Waals surface area contributed by atoms with Crippen LogP contribution in [-0.4, -0.2) is 43.4 Å². The summed E-state index contributed by atoms with van der Waals surface area (Å²) < 4.78 is 0. The molecule has 0 aromatic heterocycles. The third kappa shape index (κ3) is 6.92. The van der Waals surface area contributed by atoms with Gasteiger partial charge in [0.25, 0.3) is 11.8 Å². The summed E-state index contributed by atoms with van der Waals surface area (Å²) in [4.78, 5) is 58.6. The van der Waals surface area contributed by atoms with Gasteiger partial charge in [0.1, 0.15) is 18.3 Å². The van der Waals surface area contributed by atoms with Gasteiger partial charge in [0.15, 0.2) is 6.29 Å². The summed E-state index contributed by atoms with van der Waals surface area (Å²) in [5.41, 5.74) is 6.29. The van der Waals surface area contributed by atoms with Gasteiger partial charge < -0.3 is 10.6 Å². The van der Waals surface area contributed by atoms with Crippen LogP contribution in [0.25, 0.3) is 6.08 Å². The van der Waals surface area contributed by atoms with Crippen LogP contribution in [0.5, 0.6) is 0 Å². The van der Waals surface area contributed by atoms with Gasteiger partial charge in [0.2, 0.25) is 0 Å². The number of allylic oxidation sites excluding steroid dienone is 1. The van der Waals surface area contributed by atoms with Crippen LogP contribution in [0.1, 0.15) is 49.1 Å². The Morgan fingerprint density at radius 1 is 0.811 bits per heavy atom. The van der Waals surface area contributed by atoms with E-state index in [2.05, 4.69) is 21.2 Å². The molecule has 9 nitrogen and oxygen atoms in total. The molecule has 0 aliphatic carbocycles. The molecule has 3 N–H and O–H groups in total. The number of aldehydes is 3. The number of hydrogen-bond acceptors (Lipinski definition) is 7. The first-order chi connectivity index (χ1) is 17.9. The van der Waals surface area contributed by atoms with E-state index < -0.39 is 5.91 Å². The quantitative estimate of drug-likeness (QED) is 0.170. The van der Waals surface area contributed by atoms with Crippen molar-refractivity contribution in [1.82, 2.24) is 5.32 Å². The number of anilines is 2. The monoisotopic (exact) mass is 496 g/mol. The number of hydrazone groups is 1. The zero-order valence-corrected chi connectivity index (χ0v) is 20.1. The lowest BCUT2D eigenvalue weighted by Gasteiger charge is -2.09. The number of benzene rings is 3. The molecule has 9 heteroatoms. The molecule has 0 heterocycles. The first-order valence-corrected chi connectivity index (χ1v) is 11.1. The zero-order chi connectivity index (χ0) is 26.8. The fourth-order valence-corrected chi connectivity index (χ4v) is 3.38. The topological polar surface area (TPSA) is 134 Å². The highest BCUT2D eigenvalue weighted by molar-refractivity contribution is 6.37. The first-order valence-electron chi connectivity index (χ1n) is 11.1. The first kappa shape index (κ1) is 26.4. The van der Waals surface area contributed by atoms with E-state index in [9.17, 15) is 24.0 Å². The van der Waals surface area contributed by atoms with Crippen molar-refractivity contribution in [2.45, 2.75) is 6.92 Å². The highest BCUT2D eigenvalue weighted by Gasteiger charge is 2.12. The molecule has 0 saturated heterocycles. The van der Waals surface area contributed by atoms with Crippen LogP contribution in [0.2, 0.25) is 0 Å². The molecule has 0 atom stereocenters. The Labute approximate surface area is 213 Å². The maximum Gasteiger partial charge on any atom is 0.255 e. The number of carbonyl (C=O) groups excluding carboxylic acids is 5. The normalized spacial score (nSPS) is 11.3. The van der Waals surface area contributed by atoms with E-state index in [1.54, 1.807) is 61.5 Å². The third-order valence-electron chi connectivity index (χ3n) is 5.21. The van der Waals surface area contributed by atoms with Gasteiger partial charge in [-0.2, -0.15) is 5.10 Å². The van der Waals surface area contributed by atoms with Crippen LogP contribution in [0, 0.1) is 0 Å². The van der Waals surface area contributed by atoms with Crippen molar-refractivity contribution in [3.8, 4) is 0 Å². The maximum atomic E-state index is 12.7. The number of amides is 2. The van der Waals surface area contributed by atoms with Crippen molar-refractivity contribution in [1.29, 1.82) is 0 Å². The molecule has 186 valence electrons. The summed E-state index contributed by atoms with van der Waals surface area (Å²) >= 11 is 0. The predicted octanol–water partition coefficient (Wildman–Crippen LogP) is 3.73. The smallest absolute Gasteiger partial charge is 0.255 e. The Balaban J connectivity index is 1.76. The lowest BCUT2D eigenvalue weighted by Crippen LogP contribution is -2.19. The maximum absolute atomic E-state index is 12.7. The number of carbonyl (C=O) groups is 5. The van der Waals surface area contributed by atoms with Crippen LogP contribution in [0.4, 0.5) is 11.4 Å². The molecule has 0 aliphatic heterocycles. The molecule has 3 aromatic carbocycles. The van der Waals surface area contributed by atoms with Crippen molar-refractivity contribution in [2.75, 3.05) is 17.8 Å². The average molecular weight is 497 g/mol. The molecular weight excluding hydrogens is 472 g/mol. The number of hydrogen-bond donors (Lipinski definition) is 3. The number of nitrogens with zero attached hydrogens (tertiary/aromatic N) is 1. The van der Waals surface area contributed by atoms with Crippen LogP contribution in [-0.2, 0) is 9.59 Å². The standard InChI is InChI=1S/C28H24N4O5/c1-18(15-33)11-21-5-3-4-6-25(21)26(17-35)32-31-23-9-7-20(8-10-23)28(37)30-24-13-19(16-34)12-22(14-24)27(36)29-2/h3-17,31H,1-2H3,(H,29,36)(H,30,37)/b18-11+,32-26-. The minimum absolute atomic E-state index is 0.134.